The van der Waals surface area contributed by atoms with Crippen LogP contribution in [0.3, 0.4) is 0 Å². The van der Waals surface area contributed by atoms with Crippen molar-refractivity contribution >= 4 is 24.9 Å². The molecular weight excluding hydrogens is 378 g/mol. The lowest BCUT2D eigenvalue weighted by Gasteiger charge is -2.14. The molecule has 0 amide bonds. The first-order valence-corrected chi connectivity index (χ1v) is 8.54. The first-order valence-electron chi connectivity index (χ1n) is 6.85. The van der Waals surface area contributed by atoms with Crippen LogP contribution in [0.1, 0.15) is 16.7 Å². The molecule has 9 heteroatoms. The van der Waals surface area contributed by atoms with Crippen molar-refractivity contribution in [3.8, 4) is 17.6 Å². The largest absolute Gasteiger partial charge is 0.456 e. The van der Waals surface area contributed by atoms with Gasteiger partial charge in [0.15, 0.2) is 0 Å². The van der Waals surface area contributed by atoms with Gasteiger partial charge in [0.1, 0.15) is 11.5 Å². The van der Waals surface area contributed by atoms with Gasteiger partial charge in [-0.2, -0.15) is 18.4 Å². The van der Waals surface area contributed by atoms with Crippen LogP contribution in [0, 0.1) is 18.3 Å². The molecule has 4 nitrogen and oxygen atoms in total. The number of nitriles is 1. The normalized spacial score (nSPS) is 12.5. The van der Waals surface area contributed by atoms with Crippen LogP contribution in [-0.2, 0) is 15.3 Å². The van der Waals surface area contributed by atoms with E-state index in [1.807, 2.05) is 6.07 Å². The molecule has 0 radical (unpaired) electrons. The summed E-state index contributed by atoms with van der Waals surface area (Å²) in [5.74, 6) is 0.219. The van der Waals surface area contributed by atoms with E-state index in [1.54, 1.807) is 6.92 Å². The summed E-state index contributed by atoms with van der Waals surface area (Å²) in [6.45, 7) is 1.64. The Hall–Kier alpha value is -2.00. The van der Waals surface area contributed by atoms with Gasteiger partial charge in [-0.05, 0) is 42.8 Å². The Morgan fingerprint density at radius 1 is 1.20 bits per heavy atom. The Balaban J connectivity index is 2.44. The molecule has 2 aromatic rings. The van der Waals surface area contributed by atoms with Crippen LogP contribution in [-0.4, -0.2) is 7.11 Å². The van der Waals surface area contributed by atoms with Crippen molar-refractivity contribution in [2.45, 2.75) is 13.1 Å². The van der Waals surface area contributed by atoms with E-state index in [9.17, 15) is 17.7 Å². The maximum Gasteiger partial charge on any atom is 0.416 e. The third kappa shape index (κ3) is 4.35. The van der Waals surface area contributed by atoms with Crippen molar-refractivity contribution in [1.82, 2.24) is 0 Å². The second kappa shape index (κ2) is 7.49. The van der Waals surface area contributed by atoms with Gasteiger partial charge >= 0.3 is 6.18 Å². The van der Waals surface area contributed by atoms with Gasteiger partial charge in [0.25, 0.3) is 0 Å². The van der Waals surface area contributed by atoms with Crippen LogP contribution >= 0.6 is 19.6 Å². The molecule has 0 bridgehead atoms. The molecule has 0 N–H and O–H groups in total. The molecule has 25 heavy (non-hydrogen) atoms. The van der Waals surface area contributed by atoms with E-state index in [1.165, 1.54) is 19.2 Å². The molecule has 2 aromatic carbocycles. The average Bonchev–Trinajstić information content (AvgIpc) is 2.56. The van der Waals surface area contributed by atoms with Gasteiger partial charge in [-0.1, -0.05) is 11.6 Å². The molecule has 0 saturated carbocycles. The molecule has 0 heterocycles. The zero-order valence-corrected chi connectivity index (χ0v) is 14.8. The molecule has 0 aliphatic carbocycles. The molecule has 1 unspecified atom stereocenters. The van der Waals surface area contributed by atoms with Crippen molar-refractivity contribution in [2.24, 2.45) is 0 Å². The summed E-state index contributed by atoms with van der Waals surface area (Å²) < 4.78 is 60.3. The Morgan fingerprint density at radius 3 is 2.40 bits per heavy atom. The molecule has 0 aromatic heterocycles. The first-order chi connectivity index (χ1) is 11.7. The van der Waals surface area contributed by atoms with Crippen molar-refractivity contribution in [1.29, 1.82) is 5.26 Å². The second-order valence-corrected chi connectivity index (χ2v) is 6.94. The van der Waals surface area contributed by atoms with Crippen molar-refractivity contribution < 1.29 is 27.0 Å². The van der Waals surface area contributed by atoms with Crippen LogP contribution in [0.2, 0.25) is 5.02 Å². The highest BCUT2D eigenvalue weighted by atomic mass is 35.5. The predicted octanol–water partition coefficient (Wildman–Crippen LogP) is 5.08. The summed E-state index contributed by atoms with van der Waals surface area (Å²) in [6, 6.07) is 7.45. The summed E-state index contributed by atoms with van der Waals surface area (Å²) in [5.41, 5.74) is -0.192. The minimum atomic E-state index is -4.52. The summed E-state index contributed by atoms with van der Waals surface area (Å²) >= 11 is 5.87. The third-order valence-electron chi connectivity index (χ3n) is 3.32. The standard InChI is InChI=1S/C16H12ClF3NO3P/c1-9-5-10(8-21)15(25(22)23-2)7-14(9)24-13-4-3-11(6-12(13)17)16(18,19)20/h3-7,25H,1-2H3. The number of alkyl halides is 3. The number of hydrogen-bond donors (Lipinski definition) is 0. The lowest BCUT2D eigenvalue weighted by molar-refractivity contribution is -0.137. The van der Waals surface area contributed by atoms with E-state index in [0.717, 1.165) is 18.2 Å². The maximum absolute atomic E-state index is 12.7. The predicted molar refractivity (Wildman–Crippen MR) is 88.1 cm³/mol. The first kappa shape index (κ1) is 19.3. The highest BCUT2D eigenvalue weighted by molar-refractivity contribution is 7.48. The van der Waals surface area contributed by atoms with Crippen molar-refractivity contribution in [3.63, 3.8) is 0 Å². The van der Waals surface area contributed by atoms with Crippen LogP contribution in [0.4, 0.5) is 13.2 Å². The number of ether oxygens (including phenoxy) is 1. The number of benzene rings is 2. The summed E-state index contributed by atoms with van der Waals surface area (Å²) in [6.07, 6.45) is -4.52. The van der Waals surface area contributed by atoms with Crippen LogP contribution in [0.5, 0.6) is 11.5 Å². The van der Waals surface area contributed by atoms with Gasteiger partial charge in [0.2, 0.25) is 8.03 Å². The molecule has 0 aliphatic heterocycles. The van der Waals surface area contributed by atoms with Crippen LogP contribution < -0.4 is 10.0 Å². The molecule has 0 fully saturated rings. The zero-order chi connectivity index (χ0) is 18.8. The molecule has 0 spiro atoms. The third-order valence-corrected chi connectivity index (χ3v) is 4.84. The second-order valence-electron chi connectivity index (χ2n) is 5.01. The summed E-state index contributed by atoms with van der Waals surface area (Å²) in [4.78, 5) is 0. The van der Waals surface area contributed by atoms with Gasteiger partial charge < -0.3 is 9.26 Å². The number of nitrogens with zero attached hydrogens (tertiary/aromatic N) is 1. The van der Waals surface area contributed by atoms with Gasteiger partial charge in [-0.25, -0.2) is 0 Å². The van der Waals surface area contributed by atoms with Gasteiger partial charge in [0.05, 0.1) is 27.5 Å². The quantitative estimate of drug-likeness (QED) is 0.684. The molecule has 1 atom stereocenters. The van der Waals surface area contributed by atoms with Gasteiger partial charge in [-0.15, -0.1) is 0 Å². The van der Waals surface area contributed by atoms with Gasteiger partial charge in [-0.3, -0.25) is 4.57 Å². The fourth-order valence-corrected chi connectivity index (χ4v) is 3.08. The van der Waals surface area contributed by atoms with E-state index >= 15 is 0 Å². The number of halogens is 4. The van der Waals surface area contributed by atoms with Crippen LogP contribution in [0.25, 0.3) is 0 Å². The summed E-state index contributed by atoms with van der Waals surface area (Å²) in [5, 5.41) is 9.06. The Kier molecular flexibility index (Phi) is 5.79. The lowest BCUT2D eigenvalue weighted by atomic mass is 10.1. The highest BCUT2D eigenvalue weighted by Crippen LogP contribution is 2.37. The molecule has 0 aliphatic rings. The molecular formula is C16H12ClF3NO3P. The summed E-state index contributed by atoms with van der Waals surface area (Å²) in [7, 11) is -1.40. The molecule has 0 saturated heterocycles. The Morgan fingerprint density at radius 2 is 1.88 bits per heavy atom. The minimum Gasteiger partial charge on any atom is -0.456 e. The topological polar surface area (TPSA) is 59.3 Å². The van der Waals surface area contributed by atoms with E-state index < -0.39 is 19.8 Å². The smallest absolute Gasteiger partial charge is 0.416 e. The van der Waals surface area contributed by atoms with E-state index in [4.69, 9.17) is 26.1 Å². The zero-order valence-electron chi connectivity index (χ0n) is 13.1. The monoisotopic (exact) mass is 389 g/mol. The Bertz CT molecular complexity index is 878. The highest BCUT2D eigenvalue weighted by Gasteiger charge is 2.31. The lowest BCUT2D eigenvalue weighted by Crippen LogP contribution is -2.06. The SMILES string of the molecule is CO[PH](=O)c1cc(Oc2ccc(C(F)(F)F)cc2Cl)c(C)cc1C#N. The average molecular weight is 390 g/mol. The van der Waals surface area contributed by atoms with E-state index in [0.29, 0.717) is 5.56 Å². The van der Waals surface area contributed by atoms with E-state index in [-0.39, 0.29) is 27.4 Å². The van der Waals surface area contributed by atoms with E-state index in [2.05, 4.69) is 0 Å². The van der Waals surface area contributed by atoms with Gasteiger partial charge in [0, 0.05) is 7.11 Å². The molecule has 132 valence electrons. The maximum atomic E-state index is 12.7. The van der Waals surface area contributed by atoms with Crippen LogP contribution in [0.15, 0.2) is 30.3 Å². The Labute approximate surface area is 147 Å². The fourth-order valence-electron chi connectivity index (χ4n) is 2.05. The van der Waals surface area contributed by atoms with Crippen molar-refractivity contribution in [2.75, 3.05) is 7.11 Å². The number of rotatable bonds is 4. The fraction of sp³-hybridized carbons (Fsp3) is 0.188. The minimum absolute atomic E-state index is 0.00510. The molecule has 2 rings (SSSR count). The van der Waals surface area contributed by atoms with Crippen molar-refractivity contribution in [3.05, 3.63) is 52.0 Å². The number of aryl methyl sites for hydroxylation is 1. The number of hydrogen-bond acceptors (Lipinski definition) is 4.